The SMILES string of the molecule is CC1(C)OB(c2cc(N)c(N3CCCCC3)cc2F)OC1(C)C. The molecule has 3 rings (SSSR count). The molecular formula is C17H26BFN2O2. The van der Waals surface area contributed by atoms with Crippen molar-refractivity contribution in [3.63, 3.8) is 0 Å². The van der Waals surface area contributed by atoms with Crippen molar-refractivity contribution in [3.05, 3.63) is 17.9 Å². The average molecular weight is 320 g/mol. The minimum absolute atomic E-state index is 0.321. The van der Waals surface area contributed by atoms with Gasteiger partial charge in [0.2, 0.25) is 0 Å². The summed E-state index contributed by atoms with van der Waals surface area (Å²) in [6, 6.07) is 3.20. The molecule has 2 fully saturated rings. The Morgan fingerprint density at radius 3 is 2.17 bits per heavy atom. The second kappa shape index (κ2) is 5.67. The lowest BCUT2D eigenvalue weighted by atomic mass is 9.78. The van der Waals surface area contributed by atoms with Gasteiger partial charge >= 0.3 is 7.12 Å². The Kier molecular flexibility index (Phi) is 4.09. The minimum Gasteiger partial charge on any atom is -0.399 e. The van der Waals surface area contributed by atoms with E-state index < -0.39 is 18.3 Å². The van der Waals surface area contributed by atoms with Crippen molar-refractivity contribution in [2.75, 3.05) is 23.7 Å². The van der Waals surface area contributed by atoms with Gasteiger partial charge in [-0.05, 0) is 59.1 Å². The Hall–Kier alpha value is -1.27. The number of halogens is 1. The van der Waals surface area contributed by atoms with Crippen LogP contribution < -0.4 is 16.1 Å². The lowest BCUT2D eigenvalue weighted by molar-refractivity contribution is 0.00578. The van der Waals surface area contributed by atoms with Gasteiger partial charge in [-0.15, -0.1) is 0 Å². The molecule has 0 amide bonds. The number of piperidine rings is 1. The van der Waals surface area contributed by atoms with Gasteiger partial charge in [0.15, 0.2) is 0 Å². The van der Waals surface area contributed by atoms with E-state index in [-0.39, 0.29) is 5.82 Å². The number of anilines is 2. The summed E-state index contributed by atoms with van der Waals surface area (Å²) in [5.74, 6) is -0.321. The number of nitrogens with zero attached hydrogens (tertiary/aromatic N) is 1. The maximum atomic E-state index is 14.7. The number of hydrogen-bond acceptors (Lipinski definition) is 4. The average Bonchev–Trinajstić information content (AvgIpc) is 2.70. The van der Waals surface area contributed by atoms with Crippen LogP contribution in [0.5, 0.6) is 0 Å². The van der Waals surface area contributed by atoms with Crippen LogP contribution >= 0.6 is 0 Å². The third-order valence-electron chi connectivity index (χ3n) is 5.35. The van der Waals surface area contributed by atoms with Crippen LogP contribution in [0.4, 0.5) is 15.8 Å². The molecule has 2 aliphatic heterocycles. The predicted molar refractivity (Wildman–Crippen MR) is 92.6 cm³/mol. The molecule has 0 bridgehead atoms. The van der Waals surface area contributed by atoms with Gasteiger partial charge in [-0.1, -0.05) is 0 Å². The molecule has 0 aromatic heterocycles. The van der Waals surface area contributed by atoms with Gasteiger partial charge in [0.05, 0.1) is 22.6 Å². The van der Waals surface area contributed by atoms with Crippen molar-refractivity contribution in [1.29, 1.82) is 0 Å². The fraction of sp³-hybridized carbons (Fsp3) is 0.647. The van der Waals surface area contributed by atoms with E-state index in [4.69, 9.17) is 15.0 Å². The molecular weight excluding hydrogens is 294 g/mol. The molecule has 2 aliphatic rings. The van der Waals surface area contributed by atoms with Crippen molar-refractivity contribution in [3.8, 4) is 0 Å². The van der Waals surface area contributed by atoms with E-state index in [1.165, 1.54) is 12.5 Å². The first kappa shape index (κ1) is 16.6. The number of rotatable bonds is 2. The van der Waals surface area contributed by atoms with Crippen LogP contribution in [0.25, 0.3) is 0 Å². The number of nitrogen functional groups attached to an aromatic ring is 1. The van der Waals surface area contributed by atoms with E-state index in [1.54, 1.807) is 6.07 Å². The normalized spacial score (nSPS) is 23.3. The van der Waals surface area contributed by atoms with E-state index in [2.05, 4.69) is 4.90 Å². The Bertz CT molecular complexity index is 585. The van der Waals surface area contributed by atoms with Gasteiger partial charge < -0.3 is 19.9 Å². The van der Waals surface area contributed by atoms with Crippen LogP contribution in [0.3, 0.4) is 0 Å². The molecule has 1 aromatic rings. The lowest BCUT2D eigenvalue weighted by Gasteiger charge is -2.32. The van der Waals surface area contributed by atoms with Crippen LogP contribution in [0.2, 0.25) is 0 Å². The molecule has 0 saturated carbocycles. The van der Waals surface area contributed by atoms with Crippen LogP contribution in [0.1, 0.15) is 47.0 Å². The molecule has 0 spiro atoms. The second-order valence-electron chi connectivity index (χ2n) is 7.57. The Labute approximate surface area is 138 Å². The summed E-state index contributed by atoms with van der Waals surface area (Å²) in [5.41, 5.74) is 6.95. The molecule has 6 heteroatoms. The molecule has 1 aromatic carbocycles. The molecule has 2 heterocycles. The summed E-state index contributed by atoms with van der Waals surface area (Å²) in [5, 5.41) is 0. The van der Waals surface area contributed by atoms with Gasteiger partial charge in [-0.25, -0.2) is 4.39 Å². The van der Waals surface area contributed by atoms with Gasteiger partial charge in [0.1, 0.15) is 5.82 Å². The Morgan fingerprint density at radius 2 is 1.61 bits per heavy atom. The highest BCUT2D eigenvalue weighted by Crippen LogP contribution is 2.37. The monoisotopic (exact) mass is 320 g/mol. The summed E-state index contributed by atoms with van der Waals surface area (Å²) in [4.78, 5) is 2.16. The van der Waals surface area contributed by atoms with E-state index >= 15 is 0 Å². The largest absolute Gasteiger partial charge is 0.497 e. The second-order valence-corrected chi connectivity index (χ2v) is 7.57. The van der Waals surface area contributed by atoms with Crippen LogP contribution in [-0.4, -0.2) is 31.4 Å². The van der Waals surface area contributed by atoms with Gasteiger partial charge in [-0.3, -0.25) is 0 Å². The lowest BCUT2D eigenvalue weighted by Crippen LogP contribution is -2.41. The third-order valence-corrected chi connectivity index (χ3v) is 5.35. The highest BCUT2D eigenvalue weighted by Gasteiger charge is 2.52. The minimum atomic E-state index is -0.724. The standard InChI is InChI=1S/C17H26BFN2O2/c1-16(2)17(3,4)23-18(22-16)12-10-14(20)15(11-13(12)19)21-8-6-5-7-9-21/h10-11H,5-9,20H2,1-4H3. The highest BCUT2D eigenvalue weighted by atomic mass is 19.1. The van der Waals surface area contributed by atoms with Crippen LogP contribution in [0, 0.1) is 5.82 Å². The Morgan fingerprint density at radius 1 is 1.04 bits per heavy atom. The van der Waals surface area contributed by atoms with Crippen molar-refractivity contribution in [1.82, 2.24) is 0 Å². The smallest absolute Gasteiger partial charge is 0.399 e. The maximum absolute atomic E-state index is 14.7. The van der Waals surface area contributed by atoms with Crippen molar-refractivity contribution < 1.29 is 13.7 Å². The molecule has 0 unspecified atom stereocenters. The zero-order valence-corrected chi connectivity index (χ0v) is 14.5. The van der Waals surface area contributed by atoms with E-state index in [9.17, 15) is 4.39 Å². The van der Waals surface area contributed by atoms with Crippen molar-refractivity contribution in [2.45, 2.75) is 58.2 Å². The first-order chi connectivity index (χ1) is 10.7. The number of nitrogens with two attached hydrogens (primary N) is 1. The third kappa shape index (κ3) is 2.94. The van der Waals surface area contributed by atoms with Crippen molar-refractivity contribution >= 4 is 24.0 Å². The van der Waals surface area contributed by atoms with Crippen molar-refractivity contribution in [2.24, 2.45) is 0 Å². The fourth-order valence-corrected chi connectivity index (χ4v) is 3.16. The van der Waals surface area contributed by atoms with E-state index in [1.807, 2.05) is 27.7 Å². The first-order valence-electron chi connectivity index (χ1n) is 8.41. The zero-order chi connectivity index (χ0) is 16.8. The molecule has 2 saturated heterocycles. The zero-order valence-electron chi connectivity index (χ0n) is 14.5. The summed E-state index contributed by atoms with van der Waals surface area (Å²) in [6.07, 6.45) is 3.48. The summed E-state index contributed by atoms with van der Waals surface area (Å²) < 4.78 is 26.6. The number of benzene rings is 1. The van der Waals surface area contributed by atoms with E-state index in [0.29, 0.717) is 11.2 Å². The Balaban J connectivity index is 1.89. The summed E-state index contributed by atoms with van der Waals surface area (Å²) in [7, 11) is -0.724. The summed E-state index contributed by atoms with van der Waals surface area (Å²) >= 11 is 0. The molecule has 0 aliphatic carbocycles. The first-order valence-corrected chi connectivity index (χ1v) is 8.41. The molecule has 0 atom stereocenters. The topological polar surface area (TPSA) is 47.7 Å². The molecule has 0 radical (unpaired) electrons. The van der Waals surface area contributed by atoms with Gasteiger partial charge in [0.25, 0.3) is 0 Å². The number of hydrogen-bond donors (Lipinski definition) is 1. The molecule has 4 nitrogen and oxygen atoms in total. The fourth-order valence-electron chi connectivity index (χ4n) is 3.16. The molecule has 23 heavy (non-hydrogen) atoms. The van der Waals surface area contributed by atoms with E-state index in [0.717, 1.165) is 31.6 Å². The van der Waals surface area contributed by atoms with Crippen LogP contribution in [-0.2, 0) is 9.31 Å². The highest BCUT2D eigenvalue weighted by molar-refractivity contribution is 6.62. The maximum Gasteiger partial charge on any atom is 0.497 e. The quantitative estimate of drug-likeness (QED) is 0.672. The predicted octanol–water partition coefficient (Wildman–Crippen LogP) is 2.70. The van der Waals surface area contributed by atoms with Crippen LogP contribution in [0.15, 0.2) is 12.1 Å². The van der Waals surface area contributed by atoms with Gasteiger partial charge in [0, 0.05) is 18.6 Å². The molecule has 2 N–H and O–H groups in total. The molecule has 126 valence electrons. The van der Waals surface area contributed by atoms with Gasteiger partial charge in [-0.2, -0.15) is 0 Å². The summed E-state index contributed by atoms with van der Waals surface area (Å²) in [6.45, 7) is 9.68.